The monoisotopic (exact) mass is 295 g/mol. The van der Waals surface area contributed by atoms with Crippen LogP contribution < -0.4 is 10.6 Å². The van der Waals surface area contributed by atoms with Gasteiger partial charge in [-0.1, -0.05) is 6.07 Å². The van der Waals surface area contributed by atoms with Gasteiger partial charge in [-0.2, -0.15) is 0 Å². The van der Waals surface area contributed by atoms with Crippen molar-refractivity contribution >= 4 is 17.2 Å². The van der Waals surface area contributed by atoms with Gasteiger partial charge in [0.05, 0.1) is 6.04 Å². The maximum Gasteiger partial charge on any atom is 0.220 e. The van der Waals surface area contributed by atoms with Crippen LogP contribution in [0.25, 0.3) is 0 Å². The van der Waals surface area contributed by atoms with E-state index in [2.05, 4.69) is 47.1 Å². The van der Waals surface area contributed by atoms with Crippen LogP contribution in [0.3, 0.4) is 0 Å². The Balaban J connectivity index is 1.78. The summed E-state index contributed by atoms with van der Waals surface area (Å²) in [5.74, 6) is 0.746. The molecule has 20 heavy (non-hydrogen) atoms. The summed E-state index contributed by atoms with van der Waals surface area (Å²) >= 11 is 1.75. The van der Waals surface area contributed by atoms with Gasteiger partial charge in [-0.3, -0.25) is 4.79 Å². The van der Waals surface area contributed by atoms with Gasteiger partial charge in [-0.05, 0) is 57.4 Å². The van der Waals surface area contributed by atoms with Crippen LogP contribution in [0.5, 0.6) is 0 Å². The number of hydrogen-bond acceptors (Lipinski definition) is 4. The molecule has 1 unspecified atom stereocenters. The van der Waals surface area contributed by atoms with Crippen LogP contribution in [0, 0.1) is 5.92 Å². The quantitative estimate of drug-likeness (QED) is 0.842. The minimum absolute atomic E-state index is 0.195. The molecule has 112 valence electrons. The lowest BCUT2D eigenvalue weighted by Crippen LogP contribution is -2.36. The average Bonchev–Trinajstić information content (AvgIpc) is 2.93. The number of piperidine rings is 1. The highest BCUT2D eigenvalue weighted by molar-refractivity contribution is 7.10. The molecule has 1 aromatic heterocycles. The van der Waals surface area contributed by atoms with Crippen molar-refractivity contribution in [2.24, 2.45) is 5.92 Å². The highest BCUT2D eigenvalue weighted by Gasteiger charge is 2.19. The van der Waals surface area contributed by atoms with Crippen molar-refractivity contribution in [2.75, 3.05) is 33.7 Å². The first-order valence-electron chi connectivity index (χ1n) is 7.34. The average molecular weight is 295 g/mol. The first kappa shape index (κ1) is 15.5. The van der Waals surface area contributed by atoms with E-state index in [9.17, 15) is 4.79 Å². The number of rotatable bonds is 6. The second kappa shape index (κ2) is 7.76. The zero-order valence-corrected chi connectivity index (χ0v) is 13.2. The third-order valence-electron chi connectivity index (χ3n) is 3.92. The molecule has 4 nitrogen and oxygen atoms in total. The molecule has 1 atom stereocenters. The van der Waals surface area contributed by atoms with Crippen LogP contribution in [0.4, 0.5) is 0 Å². The molecule has 0 aliphatic carbocycles. The predicted octanol–water partition coefficient (Wildman–Crippen LogP) is 1.86. The fourth-order valence-corrected chi connectivity index (χ4v) is 3.57. The van der Waals surface area contributed by atoms with Gasteiger partial charge in [0, 0.05) is 17.8 Å². The molecule has 0 bridgehead atoms. The Morgan fingerprint density at radius 1 is 1.50 bits per heavy atom. The van der Waals surface area contributed by atoms with Crippen LogP contribution in [0.2, 0.25) is 0 Å². The number of hydrogen-bond donors (Lipinski definition) is 2. The van der Waals surface area contributed by atoms with E-state index in [-0.39, 0.29) is 11.9 Å². The fraction of sp³-hybridized carbons (Fsp3) is 0.667. The number of amides is 1. The van der Waals surface area contributed by atoms with E-state index < -0.39 is 0 Å². The third kappa shape index (κ3) is 4.58. The molecule has 1 fully saturated rings. The predicted molar refractivity (Wildman–Crippen MR) is 84.0 cm³/mol. The van der Waals surface area contributed by atoms with Crippen molar-refractivity contribution in [1.82, 2.24) is 15.5 Å². The summed E-state index contributed by atoms with van der Waals surface area (Å²) in [6.07, 6.45) is 2.91. The lowest BCUT2D eigenvalue weighted by Gasteiger charge is -2.25. The molecule has 1 aromatic rings. The van der Waals surface area contributed by atoms with E-state index in [1.807, 2.05) is 0 Å². The largest absolute Gasteiger partial charge is 0.354 e. The number of carbonyl (C=O) groups excluding carboxylic acids is 1. The van der Waals surface area contributed by atoms with E-state index in [0.29, 0.717) is 18.9 Å². The summed E-state index contributed by atoms with van der Waals surface area (Å²) in [5, 5.41) is 8.53. The topological polar surface area (TPSA) is 44.4 Å². The van der Waals surface area contributed by atoms with Gasteiger partial charge < -0.3 is 15.5 Å². The fourth-order valence-electron chi connectivity index (χ4n) is 2.65. The van der Waals surface area contributed by atoms with Crippen LogP contribution in [0.1, 0.15) is 30.2 Å². The molecule has 5 heteroatoms. The Kier molecular flexibility index (Phi) is 6.01. The standard InChI is InChI=1S/C15H25N3OS/c1-18(2)13(14-4-3-9-20-14)11-17-15(19)10-12-5-7-16-8-6-12/h3-4,9,12-13,16H,5-8,10-11H2,1-2H3,(H,17,19). The summed E-state index contributed by atoms with van der Waals surface area (Å²) in [4.78, 5) is 15.5. The molecule has 0 saturated carbocycles. The molecule has 0 radical (unpaired) electrons. The Hall–Kier alpha value is -0.910. The number of nitrogens with one attached hydrogen (secondary N) is 2. The number of likely N-dealkylation sites (N-methyl/N-ethyl adjacent to an activating group) is 1. The van der Waals surface area contributed by atoms with Gasteiger partial charge in [0.2, 0.25) is 5.91 Å². The van der Waals surface area contributed by atoms with Gasteiger partial charge in [0.1, 0.15) is 0 Å². The van der Waals surface area contributed by atoms with Crippen molar-refractivity contribution < 1.29 is 4.79 Å². The van der Waals surface area contributed by atoms with Crippen molar-refractivity contribution in [3.63, 3.8) is 0 Å². The normalized spacial score (nSPS) is 18.1. The van der Waals surface area contributed by atoms with Crippen molar-refractivity contribution in [3.05, 3.63) is 22.4 Å². The van der Waals surface area contributed by atoms with Gasteiger partial charge in [-0.15, -0.1) is 11.3 Å². The SMILES string of the molecule is CN(C)C(CNC(=O)CC1CCNCC1)c1cccs1. The van der Waals surface area contributed by atoms with Crippen LogP contribution in [0.15, 0.2) is 17.5 Å². The summed E-state index contributed by atoms with van der Waals surface area (Å²) in [7, 11) is 4.12. The highest BCUT2D eigenvalue weighted by atomic mass is 32.1. The van der Waals surface area contributed by atoms with Crippen molar-refractivity contribution in [2.45, 2.75) is 25.3 Å². The Morgan fingerprint density at radius 2 is 2.25 bits per heavy atom. The van der Waals surface area contributed by atoms with Gasteiger partial charge >= 0.3 is 0 Å². The van der Waals surface area contributed by atoms with Crippen LogP contribution >= 0.6 is 11.3 Å². The zero-order valence-electron chi connectivity index (χ0n) is 12.4. The summed E-state index contributed by atoms with van der Waals surface area (Å²) in [6.45, 7) is 2.79. The first-order valence-corrected chi connectivity index (χ1v) is 8.22. The van der Waals surface area contributed by atoms with E-state index in [1.54, 1.807) is 11.3 Å². The van der Waals surface area contributed by atoms with Gasteiger partial charge in [-0.25, -0.2) is 0 Å². The Labute approximate surface area is 125 Å². The molecule has 2 N–H and O–H groups in total. The van der Waals surface area contributed by atoms with Gasteiger partial charge in [0.25, 0.3) is 0 Å². The molecule has 1 aliphatic heterocycles. The lowest BCUT2D eigenvalue weighted by molar-refractivity contribution is -0.122. The number of nitrogens with zero attached hydrogens (tertiary/aromatic N) is 1. The van der Waals surface area contributed by atoms with Gasteiger partial charge in [0.15, 0.2) is 0 Å². The second-order valence-electron chi connectivity index (χ2n) is 5.70. The zero-order chi connectivity index (χ0) is 14.4. The van der Waals surface area contributed by atoms with E-state index in [1.165, 1.54) is 4.88 Å². The molecular weight excluding hydrogens is 270 g/mol. The van der Waals surface area contributed by atoms with E-state index in [4.69, 9.17) is 0 Å². The smallest absolute Gasteiger partial charge is 0.220 e. The Bertz CT molecular complexity index is 399. The molecule has 1 amide bonds. The summed E-state index contributed by atoms with van der Waals surface area (Å²) < 4.78 is 0. The highest BCUT2D eigenvalue weighted by Crippen LogP contribution is 2.22. The minimum Gasteiger partial charge on any atom is -0.354 e. The maximum atomic E-state index is 12.1. The molecule has 0 aromatic carbocycles. The van der Waals surface area contributed by atoms with Crippen LogP contribution in [-0.2, 0) is 4.79 Å². The minimum atomic E-state index is 0.195. The molecule has 0 spiro atoms. The second-order valence-corrected chi connectivity index (χ2v) is 6.68. The molecule has 2 heterocycles. The maximum absolute atomic E-state index is 12.1. The first-order chi connectivity index (χ1) is 9.66. The lowest BCUT2D eigenvalue weighted by atomic mass is 9.94. The van der Waals surface area contributed by atoms with E-state index in [0.717, 1.165) is 25.9 Å². The molecule has 1 saturated heterocycles. The number of thiophene rings is 1. The van der Waals surface area contributed by atoms with Crippen molar-refractivity contribution in [1.29, 1.82) is 0 Å². The summed E-state index contributed by atoms with van der Waals surface area (Å²) in [6, 6.07) is 4.47. The molecular formula is C15H25N3OS. The molecule has 2 rings (SSSR count). The molecule has 1 aliphatic rings. The third-order valence-corrected chi connectivity index (χ3v) is 4.89. The van der Waals surface area contributed by atoms with Crippen LogP contribution in [-0.4, -0.2) is 44.5 Å². The van der Waals surface area contributed by atoms with E-state index >= 15 is 0 Å². The Morgan fingerprint density at radius 3 is 2.85 bits per heavy atom. The van der Waals surface area contributed by atoms with Crippen molar-refractivity contribution in [3.8, 4) is 0 Å². The number of carbonyl (C=O) groups is 1. The summed E-state index contributed by atoms with van der Waals surface area (Å²) in [5.41, 5.74) is 0.